The fourth-order valence-electron chi connectivity index (χ4n) is 1.63. The third kappa shape index (κ3) is 3.82. The topological polar surface area (TPSA) is 29.5 Å². The first-order valence-corrected chi connectivity index (χ1v) is 5.79. The van der Waals surface area contributed by atoms with Crippen LogP contribution in [0.2, 0.25) is 0 Å². The van der Waals surface area contributed by atoms with Crippen LogP contribution in [0.3, 0.4) is 0 Å². The molecule has 0 spiro atoms. The van der Waals surface area contributed by atoms with E-state index in [1.807, 2.05) is 11.9 Å². The summed E-state index contributed by atoms with van der Waals surface area (Å²) in [4.78, 5) is 13.7. The summed E-state index contributed by atoms with van der Waals surface area (Å²) in [5.74, 6) is 0.155. The third-order valence-electron chi connectivity index (χ3n) is 3.23. The van der Waals surface area contributed by atoms with Crippen molar-refractivity contribution in [3.8, 4) is 0 Å². The lowest BCUT2D eigenvalue weighted by molar-refractivity contribution is -0.154. The summed E-state index contributed by atoms with van der Waals surface area (Å²) in [6.45, 7) is 6.72. The fraction of sp³-hybridized carbons (Fsp3) is 0.917. The molecule has 0 unspecified atom stereocenters. The first kappa shape index (κ1) is 12.5. The minimum absolute atomic E-state index is 0.0106. The van der Waals surface area contributed by atoms with Gasteiger partial charge in [-0.15, -0.1) is 0 Å². The Kier molecular flexibility index (Phi) is 4.14. The molecule has 3 heteroatoms. The molecule has 0 bridgehead atoms. The van der Waals surface area contributed by atoms with Crippen molar-refractivity contribution in [3.05, 3.63) is 0 Å². The van der Waals surface area contributed by atoms with Gasteiger partial charge in [0.25, 0.3) is 0 Å². The van der Waals surface area contributed by atoms with E-state index in [0.29, 0.717) is 6.73 Å². The van der Waals surface area contributed by atoms with Crippen LogP contribution < -0.4 is 0 Å². The van der Waals surface area contributed by atoms with Gasteiger partial charge in [0.2, 0.25) is 0 Å². The van der Waals surface area contributed by atoms with Gasteiger partial charge in [-0.2, -0.15) is 0 Å². The minimum Gasteiger partial charge on any atom is -0.449 e. The molecule has 0 radical (unpaired) electrons. The molecule has 15 heavy (non-hydrogen) atoms. The molecule has 1 saturated carbocycles. The molecular formula is C12H23NO2. The minimum atomic E-state index is -0.0106. The molecule has 0 aromatic heterocycles. The Bertz CT molecular complexity index is 214. The van der Waals surface area contributed by atoms with E-state index in [2.05, 4.69) is 20.8 Å². The van der Waals surface area contributed by atoms with E-state index in [0.717, 1.165) is 12.8 Å². The quantitative estimate of drug-likeness (QED) is 0.532. The van der Waals surface area contributed by atoms with E-state index in [-0.39, 0.29) is 17.4 Å². The number of hydrogen-bond acceptors (Lipinski definition) is 3. The van der Waals surface area contributed by atoms with E-state index in [1.54, 1.807) is 0 Å². The van der Waals surface area contributed by atoms with Crippen molar-refractivity contribution in [1.82, 2.24) is 4.90 Å². The standard InChI is InChI=1S/C12H23NO2/c1-12(2,3)13(4)9-15-11(14)10-7-5-6-8-10/h10H,5-9H2,1-4H3. The molecule has 3 nitrogen and oxygen atoms in total. The second kappa shape index (κ2) is 4.97. The zero-order chi connectivity index (χ0) is 11.5. The fourth-order valence-corrected chi connectivity index (χ4v) is 1.63. The first-order chi connectivity index (χ1) is 6.91. The lowest BCUT2D eigenvalue weighted by Crippen LogP contribution is -2.40. The molecule has 0 amide bonds. The summed E-state index contributed by atoms with van der Waals surface area (Å²) in [7, 11) is 1.97. The Hall–Kier alpha value is -0.570. The van der Waals surface area contributed by atoms with Crippen LogP contribution in [0.1, 0.15) is 46.5 Å². The molecule has 0 N–H and O–H groups in total. The molecule has 0 aliphatic heterocycles. The van der Waals surface area contributed by atoms with Gasteiger partial charge < -0.3 is 4.74 Å². The molecule has 0 aromatic carbocycles. The van der Waals surface area contributed by atoms with Gasteiger partial charge in [0.15, 0.2) is 0 Å². The van der Waals surface area contributed by atoms with Gasteiger partial charge in [0.1, 0.15) is 6.73 Å². The van der Waals surface area contributed by atoms with Crippen LogP contribution in [0.15, 0.2) is 0 Å². The zero-order valence-electron chi connectivity index (χ0n) is 10.4. The van der Waals surface area contributed by atoms with Gasteiger partial charge >= 0.3 is 5.97 Å². The van der Waals surface area contributed by atoms with Gasteiger partial charge in [0.05, 0.1) is 5.92 Å². The van der Waals surface area contributed by atoms with Crippen LogP contribution in [0.25, 0.3) is 0 Å². The Balaban J connectivity index is 2.27. The molecule has 0 heterocycles. The van der Waals surface area contributed by atoms with Crippen molar-refractivity contribution < 1.29 is 9.53 Å². The van der Waals surface area contributed by atoms with Crippen LogP contribution in [0.4, 0.5) is 0 Å². The zero-order valence-corrected chi connectivity index (χ0v) is 10.4. The van der Waals surface area contributed by atoms with Crippen LogP contribution in [-0.2, 0) is 9.53 Å². The molecule has 1 aliphatic rings. The third-order valence-corrected chi connectivity index (χ3v) is 3.23. The van der Waals surface area contributed by atoms with E-state index in [9.17, 15) is 4.79 Å². The van der Waals surface area contributed by atoms with Gasteiger partial charge in [-0.1, -0.05) is 12.8 Å². The maximum atomic E-state index is 11.6. The summed E-state index contributed by atoms with van der Waals surface area (Å²) >= 11 is 0. The molecule has 1 aliphatic carbocycles. The van der Waals surface area contributed by atoms with Crippen molar-refractivity contribution in [2.45, 2.75) is 52.0 Å². The molecule has 88 valence electrons. The molecular weight excluding hydrogens is 190 g/mol. The van der Waals surface area contributed by atoms with Crippen LogP contribution in [0, 0.1) is 5.92 Å². The number of esters is 1. The average Bonchev–Trinajstić information content (AvgIpc) is 2.64. The monoisotopic (exact) mass is 213 g/mol. The normalized spacial score (nSPS) is 18.5. The molecule has 1 rings (SSSR count). The second-order valence-electron chi connectivity index (χ2n) is 5.44. The van der Waals surface area contributed by atoms with Gasteiger partial charge in [-0.25, -0.2) is 0 Å². The maximum Gasteiger partial charge on any atom is 0.310 e. The average molecular weight is 213 g/mol. The van der Waals surface area contributed by atoms with Crippen LogP contribution in [0.5, 0.6) is 0 Å². The van der Waals surface area contributed by atoms with Crippen LogP contribution in [-0.4, -0.2) is 30.2 Å². The van der Waals surface area contributed by atoms with Crippen LogP contribution >= 0.6 is 0 Å². The Morgan fingerprint density at radius 2 is 1.87 bits per heavy atom. The highest BCUT2D eigenvalue weighted by molar-refractivity contribution is 5.72. The van der Waals surface area contributed by atoms with E-state index in [4.69, 9.17) is 4.74 Å². The molecule has 0 aromatic rings. The Morgan fingerprint density at radius 3 is 2.33 bits per heavy atom. The molecule has 0 saturated heterocycles. The SMILES string of the molecule is CN(COC(=O)C1CCCC1)C(C)(C)C. The number of ether oxygens (including phenoxy) is 1. The molecule has 1 fully saturated rings. The summed E-state index contributed by atoms with van der Waals surface area (Å²) < 4.78 is 5.30. The maximum absolute atomic E-state index is 11.6. The smallest absolute Gasteiger partial charge is 0.310 e. The Labute approximate surface area is 92.8 Å². The predicted molar refractivity (Wildman–Crippen MR) is 60.4 cm³/mol. The van der Waals surface area contributed by atoms with Crippen molar-refractivity contribution in [3.63, 3.8) is 0 Å². The lowest BCUT2D eigenvalue weighted by Gasteiger charge is -2.31. The lowest BCUT2D eigenvalue weighted by atomic mass is 10.1. The number of rotatable bonds is 3. The van der Waals surface area contributed by atoms with Crippen molar-refractivity contribution >= 4 is 5.97 Å². The van der Waals surface area contributed by atoms with Crippen molar-refractivity contribution in [2.24, 2.45) is 5.92 Å². The number of carbonyl (C=O) groups is 1. The number of hydrogen-bond donors (Lipinski definition) is 0. The summed E-state index contributed by atoms with van der Waals surface area (Å²) in [6, 6.07) is 0. The number of carbonyl (C=O) groups excluding carboxylic acids is 1. The highest BCUT2D eigenvalue weighted by Crippen LogP contribution is 2.25. The first-order valence-electron chi connectivity index (χ1n) is 5.79. The van der Waals surface area contributed by atoms with E-state index < -0.39 is 0 Å². The molecule has 0 atom stereocenters. The second-order valence-corrected chi connectivity index (χ2v) is 5.44. The highest BCUT2D eigenvalue weighted by atomic mass is 16.5. The summed E-state index contributed by atoms with van der Waals surface area (Å²) in [5, 5.41) is 0. The predicted octanol–water partition coefficient (Wildman–Crippen LogP) is 2.41. The summed E-state index contributed by atoms with van der Waals surface area (Å²) in [6.07, 6.45) is 4.37. The van der Waals surface area contributed by atoms with Crippen molar-refractivity contribution in [2.75, 3.05) is 13.8 Å². The highest BCUT2D eigenvalue weighted by Gasteiger charge is 2.25. The number of nitrogens with zero attached hydrogens (tertiary/aromatic N) is 1. The van der Waals surface area contributed by atoms with E-state index >= 15 is 0 Å². The van der Waals surface area contributed by atoms with Gasteiger partial charge in [-0.3, -0.25) is 9.69 Å². The largest absolute Gasteiger partial charge is 0.449 e. The van der Waals surface area contributed by atoms with Crippen molar-refractivity contribution in [1.29, 1.82) is 0 Å². The summed E-state index contributed by atoms with van der Waals surface area (Å²) in [5.41, 5.74) is 0.0515. The van der Waals surface area contributed by atoms with Gasteiger partial charge in [0, 0.05) is 5.54 Å². The van der Waals surface area contributed by atoms with E-state index in [1.165, 1.54) is 12.8 Å². The van der Waals surface area contributed by atoms with Gasteiger partial charge in [-0.05, 0) is 40.7 Å². The Morgan fingerprint density at radius 1 is 1.33 bits per heavy atom.